The quantitative estimate of drug-likeness (QED) is 0.784. The number of aliphatic hydroxyl groups excluding tert-OH is 1. The number of nitrogens with zero attached hydrogens (tertiary/aromatic N) is 1. The average molecular weight is 206 g/mol. The van der Waals surface area contributed by atoms with Crippen LogP contribution in [0.3, 0.4) is 0 Å². The molecule has 2 unspecified atom stereocenters. The lowest BCUT2D eigenvalue weighted by atomic mass is 9.64. The van der Waals surface area contributed by atoms with E-state index in [2.05, 4.69) is 24.1 Å². The maximum absolute atomic E-state index is 9.59. The molecule has 0 aromatic carbocycles. The van der Waals surface area contributed by atoms with Crippen LogP contribution in [-0.4, -0.2) is 22.2 Å². The zero-order valence-electron chi connectivity index (χ0n) is 9.27. The van der Waals surface area contributed by atoms with E-state index in [4.69, 9.17) is 0 Å². The van der Waals surface area contributed by atoms with Crippen molar-refractivity contribution < 1.29 is 5.11 Å². The third-order valence-corrected chi connectivity index (χ3v) is 3.47. The molecule has 82 valence electrons. The Morgan fingerprint density at radius 3 is 2.87 bits per heavy atom. The Bertz CT molecular complexity index is 324. The van der Waals surface area contributed by atoms with Crippen molar-refractivity contribution >= 4 is 0 Å². The number of aliphatic hydroxyl groups is 1. The van der Waals surface area contributed by atoms with Gasteiger partial charge in [0, 0.05) is 24.2 Å². The van der Waals surface area contributed by atoms with Gasteiger partial charge in [-0.25, -0.2) is 0 Å². The van der Waals surface area contributed by atoms with E-state index < -0.39 is 0 Å². The van der Waals surface area contributed by atoms with Gasteiger partial charge in [-0.15, -0.1) is 0 Å². The molecule has 0 spiro atoms. The van der Waals surface area contributed by atoms with Crippen molar-refractivity contribution in [3.63, 3.8) is 0 Å². The molecule has 1 aromatic rings. The monoisotopic (exact) mass is 206 g/mol. The number of rotatable bonds is 3. The van der Waals surface area contributed by atoms with Crippen LogP contribution in [0.4, 0.5) is 0 Å². The van der Waals surface area contributed by atoms with Crippen molar-refractivity contribution in [2.75, 3.05) is 0 Å². The lowest BCUT2D eigenvalue weighted by Crippen LogP contribution is -2.59. The van der Waals surface area contributed by atoms with Gasteiger partial charge in [0.2, 0.25) is 0 Å². The standard InChI is InChI=1S/C12H18N2O/c1-12(2)10(7-11(12)15)14-8-9-5-3-4-6-13-9/h3-6,10-11,14-15H,7-8H2,1-2H3. The molecule has 1 aliphatic carbocycles. The first-order chi connectivity index (χ1) is 7.10. The number of aromatic nitrogens is 1. The molecule has 2 rings (SSSR count). The molecule has 1 saturated carbocycles. The van der Waals surface area contributed by atoms with E-state index in [1.807, 2.05) is 18.2 Å². The van der Waals surface area contributed by atoms with E-state index in [9.17, 15) is 5.11 Å². The van der Waals surface area contributed by atoms with E-state index in [1.54, 1.807) is 6.20 Å². The van der Waals surface area contributed by atoms with Crippen LogP contribution in [0.2, 0.25) is 0 Å². The van der Waals surface area contributed by atoms with Crippen molar-refractivity contribution in [1.82, 2.24) is 10.3 Å². The predicted octanol–water partition coefficient (Wildman–Crippen LogP) is 1.33. The molecule has 2 N–H and O–H groups in total. The van der Waals surface area contributed by atoms with Gasteiger partial charge in [-0.2, -0.15) is 0 Å². The Morgan fingerprint density at radius 2 is 2.33 bits per heavy atom. The van der Waals surface area contributed by atoms with Gasteiger partial charge in [0.1, 0.15) is 0 Å². The van der Waals surface area contributed by atoms with Crippen molar-refractivity contribution in [3.8, 4) is 0 Å². The second-order valence-corrected chi connectivity index (χ2v) is 4.83. The first-order valence-corrected chi connectivity index (χ1v) is 5.42. The lowest BCUT2D eigenvalue weighted by Gasteiger charge is -2.49. The molecule has 1 fully saturated rings. The van der Waals surface area contributed by atoms with Crippen LogP contribution >= 0.6 is 0 Å². The molecule has 3 heteroatoms. The Kier molecular flexibility index (Phi) is 2.76. The van der Waals surface area contributed by atoms with E-state index in [0.717, 1.165) is 18.7 Å². The van der Waals surface area contributed by atoms with Crippen LogP contribution in [0.1, 0.15) is 26.0 Å². The largest absolute Gasteiger partial charge is 0.392 e. The summed E-state index contributed by atoms with van der Waals surface area (Å²) in [6, 6.07) is 6.31. The van der Waals surface area contributed by atoms with Gasteiger partial charge in [0.05, 0.1) is 11.8 Å². The third-order valence-electron chi connectivity index (χ3n) is 3.47. The van der Waals surface area contributed by atoms with Crippen LogP contribution in [0, 0.1) is 5.41 Å². The smallest absolute Gasteiger partial charge is 0.0621 e. The molecule has 1 aromatic heterocycles. The molecular weight excluding hydrogens is 188 g/mol. The van der Waals surface area contributed by atoms with Crippen LogP contribution in [-0.2, 0) is 6.54 Å². The van der Waals surface area contributed by atoms with Crippen molar-refractivity contribution in [1.29, 1.82) is 0 Å². The number of hydrogen-bond acceptors (Lipinski definition) is 3. The molecule has 1 aliphatic rings. The fourth-order valence-electron chi connectivity index (χ4n) is 1.98. The summed E-state index contributed by atoms with van der Waals surface area (Å²) in [6.07, 6.45) is 2.48. The molecule has 0 saturated heterocycles. The van der Waals surface area contributed by atoms with Crippen LogP contribution in [0.15, 0.2) is 24.4 Å². The van der Waals surface area contributed by atoms with Crippen LogP contribution in [0.5, 0.6) is 0 Å². The molecule has 1 heterocycles. The fraction of sp³-hybridized carbons (Fsp3) is 0.583. The summed E-state index contributed by atoms with van der Waals surface area (Å²) in [5.74, 6) is 0. The normalized spacial score (nSPS) is 28.5. The zero-order valence-corrected chi connectivity index (χ0v) is 9.27. The maximum atomic E-state index is 9.59. The summed E-state index contributed by atoms with van der Waals surface area (Å²) in [4.78, 5) is 4.25. The first-order valence-electron chi connectivity index (χ1n) is 5.42. The van der Waals surface area contributed by atoms with Gasteiger partial charge in [-0.3, -0.25) is 4.98 Å². The highest BCUT2D eigenvalue weighted by Crippen LogP contribution is 2.40. The zero-order chi connectivity index (χ0) is 10.9. The van der Waals surface area contributed by atoms with Crippen LogP contribution < -0.4 is 5.32 Å². The third kappa shape index (κ3) is 2.03. The second-order valence-electron chi connectivity index (χ2n) is 4.83. The minimum Gasteiger partial charge on any atom is -0.392 e. The first kappa shape index (κ1) is 10.6. The lowest BCUT2D eigenvalue weighted by molar-refractivity contribution is -0.0730. The summed E-state index contributed by atoms with van der Waals surface area (Å²) in [7, 11) is 0. The van der Waals surface area contributed by atoms with E-state index >= 15 is 0 Å². The number of nitrogens with one attached hydrogen (secondary N) is 1. The highest BCUT2D eigenvalue weighted by Gasteiger charge is 2.46. The average Bonchev–Trinajstić information content (AvgIpc) is 2.25. The highest BCUT2D eigenvalue weighted by molar-refractivity contribution is 5.06. The Hall–Kier alpha value is -0.930. The molecule has 0 aliphatic heterocycles. The Labute approximate surface area is 90.5 Å². The van der Waals surface area contributed by atoms with Gasteiger partial charge in [0.25, 0.3) is 0 Å². The highest BCUT2D eigenvalue weighted by atomic mass is 16.3. The molecule has 0 amide bonds. The summed E-state index contributed by atoms with van der Waals surface area (Å²) in [6.45, 7) is 4.97. The molecule has 2 atom stereocenters. The Morgan fingerprint density at radius 1 is 1.53 bits per heavy atom. The van der Waals surface area contributed by atoms with E-state index in [-0.39, 0.29) is 11.5 Å². The van der Waals surface area contributed by atoms with Crippen LogP contribution in [0.25, 0.3) is 0 Å². The molecule has 3 nitrogen and oxygen atoms in total. The molecule has 0 bridgehead atoms. The molecule has 0 radical (unpaired) electrons. The number of pyridine rings is 1. The van der Waals surface area contributed by atoms with Crippen molar-refractivity contribution in [2.24, 2.45) is 5.41 Å². The summed E-state index contributed by atoms with van der Waals surface area (Å²) < 4.78 is 0. The molecule has 15 heavy (non-hydrogen) atoms. The minimum atomic E-state index is -0.168. The van der Waals surface area contributed by atoms with Gasteiger partial charge < -0.3 is 10.4 Å². The van der Waals surface area contributed by atoms with Gasteiger partial charge in [0.15, 0.2) is 0 Å². The summed E-state index contributed by atoms with van der Waals surface area (Å²) in [5.41, 5.74) is 1.05. The maximum Gasteiger partial charge on any atom is 0.0621 e. The fourth-order valence-corrected chi connectivity index (χ4v) is 1.98. The SMILES string of the molecule is CC1(C)C(O)CC1NCc1ccccn1. The topological polar surface area (TPSA) is 45.1 Å². The van der Waals surface area contributed by atoms with Crippen molar-refractivity contribution in [3.05, 3.63) is 30.1 Å². The van der Waals surface area contributed by atoms with Crippen molar-refractivity contribution in [2.45, 2.75) is 39.0 Å². The second kappa shape index (κ2) is 3.91. The minimum absolute atomic E-state index is 0.00518. The van der Waals surface area contributed by atoms with Gasteiger partial charge >= 0.3 is 0 Å². The number of hydrogen-bond donors (Lipinski definition) is 2. The van der Waals surface area contributed by atoms with Gasteiger partial charge in [-0.05, 0) is 18.6 Å². The Balaban J connectivity index is 1.85. The predicted molar refractivity (Wildman–Crippen MR) is 59.3 cm³/mol. The van der Waals surface area contributed by atoms with Gasteiger partial charge in [-0.1, -0.05) is 19.9 Å². The summed E-state index contributed by atoms with van der Waals surface area (Å²) >= 11 is 0. The van der Waals surface area contributed by atoms with E-state index in [1.165, 1.54) is 0 Å². The molecular formula is C12H18N2O. The van der Waals surface area contributed by atoms with E-state index in [0.29, 0.717) is 6.04 Å². The summed E-state index contributed by atoms with van der Waals surface area (Å²) in [5, 5.41) is 13.0.